The highest BCUT2D eigenvalue weighted by atomic mass is 35.5. The summed E-state index contributed by atoms with van der Waals surface area (Å²) in [5.74, 6) is 0. The molecule has 0 bridgehead atoms. The van der Waals surface area contributed by atoms with E-state index in [0.717, 1.165) is 32.3 Å². The molecule has 1 atom stereocenters. The van der Waals surface area contributed by atoms with Crippen LogP contribution in [0.5, 0.6) is 0 Å². The van der Waals surface area contributed by atoms with E-state index in [9.17, 15) is 0 Å². The van der Waals surface area contributed by atoms with Gasteiger partial charge in [-0.3, -0.25) is 0 Å². The van der Waals surface area contributed by atoms with Crippen LogP contribution in [0, 0.1) is 20.8 Å². The summed E-state index contributed by atoms with van der Waals surface area (Å²) in [7, 11) is 1.95. The van der Waals surface area contributed by atoms with Crippen molar-refractivity contribution in [1.82, 2.24) is 5.32 Å². The van der Waals surface area contributed by atoms with Gasteiger partial charge in [-0.2, -0.15) is 0 Å². The van der Waals surface area contributed by atoms with Gasteiger partial charge in [0.2, 0.25) is 0 Å². The summed E-state index contributed by atoms with van der Waals surface area (Å²) in [4.78, 5) is 0. The lowest BCUT2D eigenvalue weighted by atomic mass is 9.93. The van der Waals surface area contributed by atoms with Crippen LogP contribution >= 0.6 is 23.2 Å². The van der Waals surface area contributed by atoms with Crippen molar-refractivity contribution in [3.63, 3.8) is 0 Å². The van der Waals surface area contributed by atoms with E-state index >= 15 is 0 Å². The predicted octanol–water partition coefficient (Wildman–Crippen LogP) is 5.23. The third-order valence-corrected chi connectivity index (χ3v) is 4.35. The fourth-order valence-electron chi connectivity index (χ4n) is 2.46. The Morgan fingerprint density at radius 1 is 0.850 bits per heavy atom. The van der Waals surface area contributed by atoms with Gasteiger partial charge in [0.25, 0.3) is 0 Å². The molecule has 0 spiro atoms. The molecule has 1 unspecified atom stereocenters. The summed E-state index contributed by atoms with van der Waals surface area (Å²) in [6.45, 7) is 6.14. The average molecular weight is 308 g/mol. The predicted molar refractivity (Wildman–Crippen MR) is 88.0 cm³/mol. The minimum Gasteiger partial charge on any atom is -0.309 e. The largest absolute Gasteiger partial charge is 0.309 e. The van der Waals surface area contributed by atoms with Crippen molar-refractivity contribution in [1.29, 1.82) is 0 Å². The zero-order valence-corrected chi connectivity index (χ0v) is 13.7. The summed E-state index contributed by atoms with van der Waals surface area (Å²) in [6, 6.07) is 10.4. The highest BCUT2D eigenvalue weighted by Crippen LogP contribution is 2.32. The van der Waals surface area contributed by atoms with Crippen LogP contribution in [-0.4, -0.2) is 7.05 Å². The molecule has 2 aromatic carbocycles. The van der Waals surface area contributed by atoms with Gasteiger partial charge in [-0.1, -0.05) is 41.4 Å². The molecule has 20 heavy (non-hydrogen) atoms. The van der Waals surface area contributed by atoms with Gasteiger partial charge in [0.1, 0.15) is 0 Å². The molecule has 0 aliphatic carbocycles. The molecular weight excluding hydrogens is 289 g/mol. The Balaban J connectivity index is 2.55. The number of hydrogen-bond donors (Lipinski definition) is 1. The topological polar surface area (TPSA) is 12.0 Å². The molecule has 0 aliphatic rings. The standard InChI is InChI=1S/C17H19Cl2N/c1-10-5-6-13(16(19)7-10)17(20-4)14-8-12(3)15(18)9-11(14)2/h5-9,17,20H,1-4H3. The lowest BCUT2D eigenvalue weighted by Gasteiger charge is -2.22. The van der Waals surface area contributed by atoms with Crippen molar-refractivity contribution in [3.8, 4) is 0 Å². The van der Waals surface area contributed by atoms with Crippen LogP contribution in [0.25, 0.3) is 0 Å². The van der Waals surface area contributed by atoms with E-state index in [2.05, 4.69) is 30.4 Å². The van der Waals surface area contributed by atoms with E-state index < -0.39 is 0 Å². The van der Waals surface area contributed by atoms with Crippen molar-refractivity contribution in [2.45, 2.75) is 26.8 Å². The number of benzene rings is 2. The molecule has 1 nitrogen and oxygen atoms in total. The average Bonchev–Trinajstić information content (AvgIpc) is 2.38. The molecule has 1 N–H and O–H groups in total. The van der Waals surface area contributed by atoms with Gasteiger partial charge in [0.05, 0.1) is 6.04 Å². The maximum Gasteiger partial charge on any atom is 0.0591 e. The van der Waals surface area contributed by atoms with E-state index in [1.54, 1.807) is 0 Å². The Kier molecular flexibility index (Phi) is 4.74. The minimum atomic E-state index is 0.0686. The monoisotopic (exact) mass is 307 g/mol. The summed E-state index contributed by atoms with van der Waals surface area (Å²) in [5, 5.41) is 4.95. The van der Waals surface area contributed by atoms with E-state index in [-0.39, 0.29) is 6.04 Å². The maximum atomic E-state index is 6.41. The second-order valence-electron chi connectivity index (χ2n) is 5.20. The Morgan fingerprint density at radius 2 is 1.55 bits per heavy atom. The first-order chi connectivity index (χ1) is 9.43. The molecule has 0 amide bonds. The zero-order chi connectivity index (χ0) is 14.9. The zero-order valence-electron chi connectivity index (χ0n) is 12.2. The minimum absolute atomic E-state index is 0.0686. The molecule has 3 heteroatoms. The smallest absolute Gasteiger partial charge is 0.0591 e. The Bertz CT molecular complexity index is 635. The molecule has 0 fully saturated rings. The van der Waals surface area contributed by atoms with Crippen LogP contribution in [0.15, 0.2) is 30.3 Å². The van der Waals surface area contributed by atoms with Gasteiger partial charge in [-0.25, -0.2) is 0 Å². The van der Waals surface area contributed by atoms with Crippen molar-refractivity contribution in [2.75, 3.05) is 7.05 Å². The fraction of sp³-hybridized carbons (Fsp3) is 0.294. The summed E-state index contributed by atoms with van der Waals surface area (Å²) in [6.07, 6.45) is 0. The molecule has 0 aromatic heterocycles. The van der Waals surface area contributed by atoms with Crippen LogP contribution < -0.4 is 5.32 Å². The normalized spacial score (nSPS) is 12.5. The third-order valence-electron chi connectivity index (χ3n) is 3.61. The molecule has 2 aromatic rings. The van der Waals surface area contributed by atoms with E-state index in [0.29, 0.717) is 0 Å². The first-order valence-electron chi connectivity index (χ1n) is 6.64. The van der Waals surface area contributed by atoms with Gasteiger partial charge >= 0.3 is 0 Å². The van der Waals surface area contributed by atoms with Crippen molar-refractivity contribution in [3.05, 3.63) is 68.2 Å². The van der Waals surface area contributed by atoms with Crippen LogP contribution in [0.4, 0.5) is 0 Å². The SMILES string of the molecule is CNC(c1cc(C)c(Cl)cc1C)c1ccc(C)cc1Cl. The third kappa shape index (κ3) is 3.01. The Morgan fingerprint density at radius 3 is 2.15 bits per heavy atom. The first kappa shape index (κ1) is 15.4. The van der Waals surface area contributed by atoms with Crippen LogP contribution in [-0.2, 0) is 0 Å². The van der Waals surface area contributed by atoms with E-state index in [1.165, 1.54) is 5.56 Å². The first-order valence-corrected chi connectivity index (χ1v) is 7.39. The van der Waals surface area contributed by atoms with Crippen molar-refractivity contribution < 1.29 is 0 Å². The second-order valence-corrected chi connectivity index (χ2v) is 6.02. The van der Waals surface area contributed by atoms with Gasteiger partial charge in [0, 0.05) is 10.0 Å². The van der Waals surface area contributed by atoms with Crippen LogP contribution in [0.1, 0.15) is 33.9 Å². The number of rotatable bonds is 3. The second kappa shape index (κ2) is 6.17. The molecule has 0 aliphatic heterocycles. The lowest BCUT2D eigenvalue weighted by molar-refractivity contribution is 0.687. The highest BCUT2D eigenvalue weighted by molar-refractivity contribution is 6.31. The number of aryl methyl sites for hydroxylation is 3. The molecule has 0 saturated heterocycles. The number of nitrogens with one attached hydrogen (secondary N) is 1. The van der Waals surface area contributed by atoms with Gasteiger partial charge in [-0.05, 0) is 67.8 Å². The van der Waals surface area contributed by atoms with E-state index in [4.69, 9.17) is 23.2 Å². The van der Waals surface area contributed by atoms with Crippen LogP contribution in [0.2, 0.25) is 10.0 Å². The quantitative estimate of drug-likeness (QED) is 0.819. The molecular formula is C17H19Cl2N. The summed E-state index contributed by atoms with van der Waals surface area (Å²) in [5.41, 5.74) is 5.70. The van der Waals surface area contributed by atoms with Gasteiger partial charge in [-0.15, -0.1) is 0 Å². The molecule has 106 valence electrons. The van der Waals surface area contributed by atoms with Crippen molar-refractivity contribution >= 4 is 23.2 Å². The summed E-state index contributed by atoms with van der Waals surface area (Å²) >= 11 is 12.6. The Labute approximate surface area is 130 Å². The number of hydrogen-bond acceptors (Lipinski definition) is 1. The van der Waals surface area contributed by atoms with Crippen LogP contribution in [0.3, 0.4) is 0 Å². The van der Waals surface area contributed by atoms with E-state index in [1.807, 2.05) is 33.0 Å². The molecule has 0 saturated carbocycles. The van der Waals surface area contributed by atoms with Gasteiger partial charge in [0.15, 0.2) is 0 Å². The molecule has 2 rings (SSSR count). The molecule has 0 radical (unpaired) electrons. The van der Waals surface area contributed by atoms with Crippen molar-refractivity contribution in [2.24, 2.45) is 0 Å². The highest BCUT2D eigenvalue weighted by Gasteiger charge is 2.18. The number of halogens is 2. The maximum absolute atomic E-state index is 6.41. The lowest BCUT2D eigenvalue weighted by Crippen LogP contribution is -2.19. The molecule has 0 heterocycles. The summed E-state index contributed by atoms with van der Waals surface area (Å²) < 4.78 is 0. The fourth-order valence-corrected chi connectivity index (χ4v) is 3.02. The Hall–Kier alpha value is -1.02. The van der Waals surface area contributed by atoms with Gasteiger partial charge < -0.3 is 5.32 Å².